The number of nitrogens with one attached hydrogen (secondary N) is 1. The predicted molar refractivity (Wildman–Crippen MR) is 73.2 cm³/mol. The van der Waals surface area contributed by atoms with E-state index in [1.807, 2.05) is 0 Å². The van der Waals surface area contributed by atoms with Gasteiger partial charge in [0.05, 0.1) is 0 Å². The molecule has 0 bridgehead atoms. The monoisotopic (exact) mass is 297 g/mol. The molecule has 1 aromatic carbocycles. The summed E-state index contributed by atoms with van der Waals surface area (Å²) < 4.78 is 12.8. The number of amides is 3. The Bertz CT molecular complexity index is 533. The highest BCUT2D eigenvalue weighted by Gasteiger charge is 2.22. The molecular formula is C13H16FN3O4. The van der Waals surface area contributed by atoms with Crippen LogP contribution in [0, 0.1) is 5.82 Å². The average molecular weight is 297 g/mol. The molecule has 0 spiro atoms. The van der Waals surface area contributed by atoms with Gasteiger partial charge in [-0.2, -0.15) is 0 Å². The lowest BCUT2D eigenvalue weighted by Gasteiger charge is -2.21. The summed E-state index contributed by atoms with van der Waals surface area (Å²) in [5.41, 5.74) is 5.34. The standard InChI is InChI=1S/C13H16FN3O4/c1-17(9-4-2-8(14)3-5-9)13(21)16-10(12(19)20)6-7-11(15)18/h2-5,10H,6-7H2,1H3,(H2,15,18)(H,16,21)(H,19,20)/t10-/m0/s1. The summed E-state index contributed by atoms with van der Waals surface area (Å²) in [6.07, 6.45) is -0.259. The van der Waals surface area contributed by atoms with Gasteiger partial charge < -0.3 is 16.2 Å². The van der Waals surface area contributed by atoms with Crippen molar-refractivity contribution < 1.29 is 23.9 Å². The van der Waals surface area contributed by atoms with Gasteiger partial charge in [-0.1, -0.05) is 0 Å². The number of carboxylic acids is 1. The highest BCUT2D eigenvalue weighted by Crippen LogP contribution is 2.13. The van der Waals surface area contributed by atoms with E-state index in [9.17, 15) is 18.8 Å². The van der Waals surface area contributed by atoms with E-state index in [0.717, 1.165) is 4.90 Å². The van der Waals surface area contributed by atoms with Gasteiger partial charge in [0.25, 0.3) is 0 Å². The van der Waals surface area contributed by atoms with E-state index in [2.05, 4.69) is 5.32 Å². The number of rotatable bonds is 6. The minimum atomic E-state index is -1.27. The minimum absolute atomic E-state index is 0.104. The number of nitrogens with two attached hydrogens (primary N) is 1. The summed E-state index contributed by atoms with van der Waals surface area (Å²) in [6, 6.07) is 3.22. The van der Waals surface area contributed by atoms with E-state index in [0.29, 0.717) is 5.69 Å². The van der Waals surface area contributed by atoms with Crippen molar-refractivity contribution in [2.45, 2.75) is 18.9 Å². The van der Waals surface area contributed by atoms with Gasteiger partial charge in [-0.3, -0.25) is 9.69 Å². The minimum Gasteiger partial charge on any atom is -0.480 e. The lowest BCUT2D eigenvalue weighted by molar-refractivity contribution is -0.139. The Balaban J connectivity index is 2.70. The van der Waals surface area contributed by atoms with Gasteiger partial charge in [-0.05, 0) is 30.7 Å². The number of carbonyl (C=O) groups is 3. The number of hydrogen-bond donors (Lipinski definition) is 3. The van der Waals surface area contributed by atoms with Crippen LogP contribution in [0.5, 0.6) is 0 Å². The van der Waals surface area contributed by atoms with Crippen LogP contribution in [0.15, 0.2) is 24.3 Å². The molecule has 0 aromatic heterocycles. The number of nitrogens with zero attached hydrogens (tertiary/aromatic N) is 1. The highest BCUT2D eigenvalue weighted by molar-refractivity contribution is 5.94. The fourth-order valence-electron chi connectivity index (χ4n) is 1.57. The van der Waals surface area contributed by atoms with Crippen molar-refractivity contribution in [1.29, 1.82) is 0 Å². The van der Waals surface area contributed by atoms with Crippen LogP contribution in [0.4, 0.5) is 14.9 Å². The molecule has 0 radical (unpaired) electrons. The van der Waals surface area contributed by atoms with Crippen molar-refractivity contribution >= 4 is 23.6 Å². The third kappa shape index (κ3) is 5.09. The van der Waals surface area contributed by atoms with Gasteiger partial charge in [-0.25, -0.2) is 14.0 Å². The third-order valence-electron chi connectivity index (χ3n) is 2.79. The summed E-state index contributed by atoms with van der Waals surface area (Å²) in [6.45, 7) is 0. The van der Waals surface area contributed by atoms with Crippen LogP contribution in [0.2, 0.25) is 0 Å². The van der Waals surface area contributed by atoms with Crippen LogP contribution in [0.1, 0.15) is 12.8 Å². The van der Waals surface area contributed by atoms with E-state index in [1.54, 1.807) is 0 Å². The first-order valence-electron chi connectivity index (χ1n) is 6.12. The Hall–Kier alpha value is -2.64. The van der Waals surface area contributed by atoms with Gasteiger partial charge in [0.15, 0.2) is 0 Å². The van der Waals surface area contributed by atoms with Gasteiger partial charge in [0, 0.05) is 19.2 Å². The first kappa shape index (κ1) is 16.4. The molecule has 8 heteroatoms. The molecule has 4 N–H and O–H groups in total. The maximum atomic E-state index is 12.8. The number of carbonyl (C=O) groups excluding carboxylic acids is 2. The topological polar surface area (TPSA) is 113 Å². The zero-order valence-corrected chi connectivity index (χ0v) is 11.4. The van der Waals surface area contributed by atoms with Crippen molar-refractivity contribution in [3.63, 3.8) is 0 Å². The first-order valence-corrected chi connectivity index (χ1v) is 6.12. The molecule has 1 rings (SSSR count). The quantitative estimate of drug-likeness (QED) is 0.717. The number of benzene rings is 1. The number of aliphatic carboxylic acids is 1. The molecule has 3 amide bonds. The second-order valence-electron chi connectivity index (χ2n) is 4.38. The molecule has 1 atom stereocenters. The predicted octanol–water partition coefficient (Wildman–Crippen LogP) is 0.690. The fraction of sp³-hybridized carbons (Fsp3) is 0.308. The maximum absolute atomic E-state index is 12.8. The van der Waals surface area contributed by atoms with Crippen LogP contribution < -0.4 is 16.0 Å². The van der Waals surface area contributed by atoms with Crippen LogP contribution in [-0.4, -0.2) is 36.1 Å². The van der Waals surface area contributed by atoms with Crippen LogP contribution in [0.25, 0.3) is 0 Å². The highest BCUT2D eigenvalue weighted by atomic mass is 19.1. The summed E-state index contributed by atoms with van der Waals surface area (Å²) in [7, 11) is 1.41. The molecule has 0 fully saturated rings. The maximum Gasteiger partial charge on any atom is 0.326 e. The van der Waals surface area contributed by atoms with E-state index in [1.165, 1.54) is 31.3 Å². The van der Waals surface area contributed by atoms with Gasteiger partial charge in [0.2, 0.25) is 5.91 Å². The van der Waals surface area contributed by atoms with E-state index in [4.69, 9.17) is 10.8 Å². The van der Waals surface area contributed by atoms with Crippen molar-refractivity contribution in [3.05, 3.63) is 30.1 Å². The molecular weight excluding hydrogens is 281 g/mol. The molecule has 0 saturated heterocycles. The van der Waals surface area contributed by atoms with Gasteiger partial charge >= 0.3 is 12.0 Å². The normalized spacial score (nSPS) is 11.5. The molecule has 0 unspecified atom stereocenters. The Morgan fingerprint density at radius 1 is 1.33 bits per heavy atom. The Morgan fingerprint density at radius 2 is 1.90 bits per heavy atom. The summed E-state index contributed by atoms with van der Waals surface area (Å²) >= 11 is 0. The SMILES string of the molecule is CN(C(=O)N[C@@H](CCC(N)=O)C(=O)O)c1ccc(F)cc1. The molecule has 21 heavy (non-hydrogen) atoms. The van der Waals surface area contributed by atoms with Gasteiger partial charge in [0.1, 0.15) is 11.9 Å². The zero-order valence-electron chi connectivity index (χ0n) is 11.4. The third-order valence-corrected chi connectivity index (χ3v) is 2.79. The number of urea groups is 1. The van der Waals surface area contributed by atoms with Crippen molar-refractivity contribution in [2.75, 3.05) is 11.9 Å². The summed E-state index contributed by atoms with van der Waals surface area (Å²) in [5, 5.41) is 11.3. The van der Waals surface area contributed by atoms with E-state index < -0.39 is 29.8 Å². The Labute approximate surface area is 120 Å². The van der Waals surface area contributed by atoms with Crippen molar-refractivity contribution in [2.24, 2.45) is 5.73 Å². The number of primary amides is 1. The molecule has 7 nitrogen and oxygen atoms in total. The second kappa shape index (κ2) is 7.22. The molecule has 1 aromatic rings. The fourth-order valence-corrected chi connectivity index (χ4v) is 1.57. The summed E-state index contributed by atoms with van der Waals surface area (Å²) in [4.78, 5) is 34.8. The Kier molecular flexibility index (Phi) is 5.65. The molecule has 0 saturated carbocycles. The molecule has 114 valence electrons. The van der Waals surface area contributed by atoms with Crippen LogP contribution >= 0.6 is 0 Å². The smallest absolute Gasteiger partial charge is 0.326 e. The largest absolute Gasteiger partial charge is 0.480 e. The summed E-state index contributed by atoms with van der Waals surface area (Å²) in [5.74, 6) is -2.36. The second-order valence-corrected chi connectivity index (χ2v) is 4.38. The molecule has 0 aliphatic carbocycles. The first-order chi connectivity index (χ1) is 9.81. The number of hydrogen-bond acceptors (Lipinski definition) is 3. The molecule has 0 aliphatic heterocycles. The lowest BCUT2D eigenvalue weighted by atomic mass is 10.1. The lowest BCUT2D eigenvalue weighted by Crippen LogP contribution is -2.47. The van der Waals surface area contributed by atoms with Crippen molar-refractivity contribution in [1.82, 2.24) is 5.32 Å². The van der Waals surface area contributed by atoms with E-state index >= 15 is 0 Å². The molecule has 0 aliphatic rings. The zero-order chi connectivity index (χ0) is 16.0. The number of anilines is 1. The number of halogens is 1. The average Bonchev–Trinajstić information content (AvgIpc) is 2.42. The molecule has 0 heterocycles. The van der Waals surface area contributed by atoms with Crippen LogP contribution in [-0.2, 0) is 9.59 Å². The van der Waals surface area contributed by atoms with Crippen LogP contribution in [0.3, 0.4) is 0 Å². The Morgan fingerprint density at radius 3 is 2.38 bits per heavy atom. The van der Waals surface area contributed by atoms with Gasteiger partial charge in [-0.15, -0.1) is 0 Å². The number of carboxylic acid groups (broad SMARTS) is 1. The van der Waals surface area contributed by atoms with Crippen molar-refractivity contribution in [3.8, 4) is 0 Å². The van der Waals surface area contributed by atoms with E-state index in [-0.39, 0.29) is 12.8 Å².